The Labute approximate surface area is 137 Å². The number of rotatable bonds is 3. The summed E-state index contributed by atoms with van der Waals surface area (Å²) in [6.45, 7) is 7.70. The Balaban J connectivity index is 1.52. The van der Waals surface area contributed by atoms with Gasteiger partial charge < -0.3 is 19.7 Å². The van der Waals surface area contributed by atoms with Gasteiger partial charge in [0, 0.05) is 39.0 Å². The Bertz CT molecular complexity index is 547. The van der Waals surface area contributed by atoms with Crippen LogP contribution in [-0.4, -0.2) is 55.8 Å². The fourth-order valence-electron chi connectivity index (χ4n) is 3.14. The van der Waals surface area contributed by atoms with E-state index in [1.54, 1.807) is 0 Å². The lowest BCUT2D eigenvalue weighted by molar-refractivity contribution is -0.147. The Kier molecular flexibility index (Phi) is 5.18. The number of aryl methyl sites for hydroxylation is 2. The summed E-state index contributed by atoms with van der Waals surface area (Å²) in [5.74, 6) is 1.08. The Morgan fingerprint density at radius 3 is 2.78 bits per heavy atom. The van der Waals surface area contributed by atoms with Crippen LogP contribution in [0.5, 0.6) is 5.75 Å². The molecule has 0 bridgehead atoms. The van der Waals surface area contributed by atoms with E-state index in [1.807, 2.05) is 4.90 Å². The molecule has 0 spiro atoms. The minimum Gasteiger partial charge on any atom is -0.490 e. The summed E-state index contributed by atoms with van der Waals surface area (Å²) in [6, 6.07) is 6.28. The molecule has 1 atom stereocenters. The van der Waals surface area contributed by atoms with Crippen LogP contribution in [0, 0.1) is 13.8 Å². The molecular weight excluding hydrogens is 292 g/mol. The largest absolute Gasteiger partial charge is 0.490 e. The molecule has 0 radical (unpaired) electrons. The van der Waals surface area contributed by atoms with Crippen LogP contribution >= 0.6 is 0 Å². The summed E-state index contributed by atoms with van der Waals surface area (Å²) in [4.78, 5) is 14.4. The first-order chi connectivity index (χ1) is 11.1. The van der Waals surface area contributed by atoms with Crippen molar-refractivity contribution in [2.24, 2.45) is 0 Å². The molecule has 2 aliphatic heterocycles. The molecule has 0 saturated carbocycles. The molecule has 1 aromatic carbocycles. The lowest BCUT2D eigenvalue weighted by atomic mass is 10.1. The zero-order valence-corrected chi connectivity index (χ0v) is 14.0. The van der Waals surface area contributed by atoms with Gasteiger partial charge in [0.1, 0.15) is 18.0 Å². The van der Waals surface area contributed by atoms with Gasteiger partial charge in [-0.3, -0.25) is 4.79 Å². The Hall–Kier alpha value is -1.59. The van der Waals surface area contributed by atoms with Crippen molar-refractivity contribution in [2.75, 3.05) is 32.8 Å². The topological polar surface area (TPSA) is 50.8 Å². The monoisotopic (exact) mass is 318 g/mol. The second kappa shape index (κ2) is 7.32. The highest BCUT2D eigenvalue weighted by Gasteiger charge is 2.30. The summed E-state index contributed by atoms with van der Waals surface area (Å²) in [5, 5.41) is 3.21. The van der Waals surface area contributed by atoms with Crippen molar-refractivity contribution in [1.82, 2.24) is 10.2 Å². The van der Waals surface area contributed by atoms with Gasteiger partial charge in [-0.2, -0.15) is 0 Å². The van der Waals surface area contributed by atoms with E-state index in [0.717, 1.165) is 43.8 Å². The van der Waals surface area contributed by atoms with Crippen LogP contribution in [0.3, 0.4) is 0 Å². The maximum Gasteiger partial charge on any atom is 0.253 e. The third kappa shape index (κ3) is 4.03. The number of benzene rings is 1. The van der Waals surface area contributed by atoms with E-state index in [1.165, 1.54) is 5.56 Å². The molecular formula is C18H26N2O3. The minimum atomic E-state index is -0.319. The number of nitrogens with zero attached hydrogens (tertiary/aromatic N) is 1. The number of amides is 1. The van der Waals surface area contributed by atoms with E-state index in [2.05, 4.69) is 37.4 Å². The lowest BCUT2D eigenvalue weighted by Gasteiger charge is -2.35. The smallest absolute Gasteiger partial charge is 0.253 e. The van der Waals surface area contributed by atoms with Crippen LogP contribution in [0.2, 0.25) is 0 Å². The van der Waals surface area contributed by atoms with Gasteiger partial charge in [-0.05, 0) is 31.0 Å². The number of likely N-dealkylation sites (tertiary alicyclic amines) is 1. The fraction of sp³-hybridized carbons (Fsp3) is 0.611. The molecule has 1 N–H and O–H groups in total. The molecule has 5 heteroatoms. The van der Waals surface area contributed by atoms with Crippen molar-refractivity contribution in [2.45, 2.75) is 38.9 Å². The Morgan fingerprint density at radius 2 is 2.09 bits per heavy atom. The Morgan fingerprint density at radius 1 is 1.30 bits per heavy atom. The number of ether oxygens (including phenoxy) is 2. The number of nitrogens with one attached hydrogen (secondary N) is 1. The number of hydrogen-bond donors (Lipinski definition) is 1. The maximum atomic E-state index is 12.4. The minimum absolute atomic E-state index is 0.113. The number of carbonyl (C=O) groups excluding carboxylic acids is 1. The van der Waals surface area contributed by atoms with Crippen LogP contribution in [0.25, 0.3) is 0 Å². The summed E-state index contributed by atoms with van der Waals surface area (Å²) in [6.07, 6.45) is 1.61. The zero-order chi connectivity index (χ0) is 16.2. The average molecular weight is 318 g/mol. The van der Waals surface area contributed by atoms with Crippen molar-refractivity contribution in [1.29, 1.82) is 0 Å². The first-order valence-electron chi connectivity index (χ1n) is 8.48. The molecule has 5 nitrogen and oxygen atoms in total. The summed E-state index contributed by atoms with van der Waals surface area (Å²) in [5.41, 5.74) is 2.37. The van der Waals surface area contributed by atoms with Crippen molar-refractivity contribution in [3.63, 3.8) is 0 Å². The molecule has 0 aliphatic carbocycles. The van der Waals surface area contributed by atoms with E-state index in [9.17, 15) is 4.79 Å². The van der Waals surface area contributed by atoms with Gasteiger partial charge in [0.15, 0.2) is 0 Å². The van der Waals surface area contributed by atoms with Gasteiger partial charge in [0.25, 0.3) is 5.91 Å². The van der Waals surface area contributed by atoms with Crippen molar-refractivity contribution >= 4 is 5.91 Å². The van der Waals surface area contributed by atoms with E-state index in [-0.39, 0.29) is 18.1 Å². The van der Waals surface area contributed by atoms with Crippen LogP contribution < -0.4 is 10.1 Å². The summed E-state index contributed by atoms with van der Waals surface area (Å²) >= 11 is 0. The summed E-state index contributed by atoms with van der Waals surface area (Å²) in [7, 11) is 0. The molecule has 0 aromatic heterocycles. The summed E-state index contributed by atoms with van der Waals surface area (Å²) < 4.78 is 11.7. The highest BCUT2D eigenvalue weighted by molar-refractivity contribution is 5.81. The molecule has 2 aliphatic rings. The van der Waals surface area contributed by atoms with Crippen LogP contribution in [0.1, 0.15) is 24.0 Å². The molecule has 126 valence electrons. The highest BCUT2D eigenvalue weighted by Crippen LogP contribution is 2.24. The molecule has 3 rings (SSSR count). The predicted octanol–water partition coefficient (Wildman–Crippen LogP) is 1.66. The standard InChI is InChI=1S/C18H26N2O3/c1-13-3-4-14(2)16(11-13)23-15-5-8-20(9-6-15)18(21)17-12-19-7-10-22-17/h3-4,11,15,17,19H,5-10,12H2,1-2H3. The van der Waals surface area contributed by atoms with Crippen LogP contribution in [-0.2, 0) is 9.53 Å². The second-order valence-corrected chi connectivity index (χ2v) is 6.48. The zero-order valence-electron chi connectivity index (χ0n) is 14.0. The van der Waals surface area contributed by atoms with E-state index >= 15 is 0 Å². The van der Waals surface area contributed by atoms with Gasteiger partial charge in [0.2, 0.25) is 0 Å². The first kappa shape index (κ1) is 16.3. The van der Waals surface area contributed by atoms with E-state index in [0.29, 0.717) is 13.2 Å². The molecule has 1 amide bonds. The molecule has 2 fully saturated rings. The molecule has 2 heterocycles. The second-order valence-electron chi connectivity index (χ2n) is 6.48. The predicted molar refractivity (Wildman–Crippen MR) is 88.8 cm³/mol. The van der Waals surface area contributed by atoms with Gasteiger partial charge >= 0.3 is 0 Å². The average Bonchev–Trinajstić information content (AvgIpc) is 2.59. The van der Waals surface area contributed by atoms with Gasteiger partial charge in [-0.25, -0.2) is 0 Å². The quantitative estimate of drug-likeness (QED) is 0.921. The van der Waals surface area contributed by atoms with Crippen molar-refractivity contribution in [3.8, 4) is 5.75 Å². The maximum absolute atomic E-state index is 12.4. The highest BCUT2D eigenvalue weighted by atomic mass is 16.5. The molecule has 1 aromatic rings. The van der Waals surface area contributed by atoms with Crippen LogP contribution in [0.15, 0.2) is 18.2 Å². The number of carbonyl (C=O) groups is 1. The van der Waals surface area contributed by atoms with Gasteiger partial charge in [0.05, 0.1) is 6.61 Å². The third-order valence-corrected chi connectivity index (χ3v) is 4.59. The molecule has 1 unspecified atom stereocenters. The number of piperidine rings is 1. The molecule has 23 heavy (non-hydrogen) atoms. The molecule has 2 saturated heterocycles. The van der Waals surface area contributed by atoms with Crippen LogP contribution in [0.4, 0.5) is 0 Å². The lowest BCUT2D eigenvalue weighted by Crippen LogP contribution is -2.52. The number of hydrogen-bond acceptors (Lipinski definition) is 4. The number of morpholine rings is 1. The van der Waals surface area contributed by atoms with E-state index < -0.39 is 0 Å². The van der Waals surface area contributed by atoms with Crippen molar-refractivity contribution < 1.29 is 14.3 Å². The van der Waals surface area contributed by atoms with Crippen molar-refractivity contribution in [3.05, 3.63) is 29.3 Å². The SMILES string of the molecule is Cc1ccc(C)c(OC2CCN(C(=O)C3CNCCO3)CC2)c1. The fourth-order valence-corrected chi connectivity index (χ4v) is 3.14. The van der Waals surface area contributed by atoms with Gasteiger partial charge in [-0.15, -0.1) is 0 Å². The first-order valence-corrected chi connectivity index (χ1v) is 8.48. The van der Waals surface area contributed by atoms with E-state index in [4.69, 9.17) is 9.47 Å². The normalized spacial score (nSPS) is 22.9. The third-order valence-electron chi connectivity index (χ3n) is 4.59. The van der Waals surface area contributed by atoms with Gasteiger partial charge in [-0.1, -0.05) is 12.1 Å².